The van der Waals surface area contributed by atoms with Crippen molar-refractivity contribution in [1.82, 2.24) is 5.32 Å². The molecular formula is C17H19NO3. The van der Waals surface area contributed by atoms with Crippen molar-refractivity contribution in [2.45, 2.75) is 37.8 Å². The van der Waals surface area contributed by atoms with Crippen molar-refractivity contribution in [2.24, 2.45) is 0 Å². The number of rotatable bonds is 2. The van der Waals surface area contributed by atoms with Crippen LogP contribution in [0.2, 0.25) is 0 Å². The van der Waals surface area contributed by atoms with Gasteiger partial charge in [-0.1, -0.05) is 43.2 Å². The average molecular weight is 285 g/mol. The molecule has 3 N–H and O–H groups in total. The number of phenols is 1. The second kappa shape index (κ2) is 5.74. The number of carbonyl (C=O) groups is 1. The average Bonchev–Trinajstić information content (AvgIpc) is 2.50. The molecule has 2 unspecified atom stereocenters. The van der Waals surface area contributed by atoms with Gasteiger partial charge in [0.2, 0.25) is 0 Å². The Morgan fingerprint density at radius 2 is 1.86 bits per heavy atom. The zero-order valence-corrected chi connectivity index (χ0v) is 11.7. The Morgan fingerprint density at radius 1 is 1.10 bits per heavy atom. The predicted octanol–water partition coefficient (Wildman–Crippen LogP) is 2.58. The summed E-state index contributed by atoms with van der Waals surface area (Å²) in [6, 6.07) is 10.6. The second-order valence-corrected chi connectivity index (χ2v) is 5.61. The number of aliphatic hydroxyl groups excluding tert-OH is 1. The molecule has 4 nitrogen and oxygen atoms in total. The molecule has 0 aromatic heterocycles. The summed E-state index contributed by atoms with van der Waals surface area (Å²) in [5.41, 5.74) is 0.256. The highest BCUT2D eigenvalue weighted by atomic mass is 16.3. The highest BCUT2D eigenvalue weighted by molar-refractivity contribution is 6.03. The third kappa shape index (κ3) is 2.72. The van der Waals surface area contributed by atoms with E-state index < -0.39 is 6.10 Å². The molecule has 1 aliphatic rings. The van der Waals surface area contributed by atoms with E-state index in [0.717, 1.165) is 24.6 Å². The summed E-state index contributed by atoms with van der Waals surface area (Å²) in [6.45, 7) is 0. The molecule has 0 aliphatic heterocycles. The van der Waals surface area contributed by atoms with E-state index in [9.17, 15) is 15.0 Å². The van der Waals surface area contributed by atoms with Crippen LogP contribution in [0.5, 0.6) is 5.75 Å². The Morgan fingerprint density at radius 3 is 2.67 bits per heavy atom. The molecule has 4 heteroatoms. The maximum absolute atomic E-state index is 12.3. The van der Waals surface area contributed by atoms with Crippen LogP contribution in [0, 0.1) is 0 Å². The van der Waals surface area contributed by atoms with Crippen LogP contribution in [0.4, 0.5) is 0 Å². The lowest BCUT2D eigenvalue weighted by atomic mass is 9.92. The van der Waals surface area contributed by atoms with Gasteiger partial charge in [0, 0.05) is 5.39 Å². The molecule has 2 aromatic rings. The van der Waals surface area contributed by atoms with Crippen LogP contribution in [0.15, 0.2) is 36.4 Å². The van der Waals surface area contributed by atoms with Gasteiger partial charge in [-0.25, -0.2) is 0 Å². The lowest BCUT2D eigenvalue weighted by Crippen LogP contribution is -2.45. The van der Waals surface area contributed by atoms with E-state index in [1.54, 1.807) is 12.1 Å². The molecule has 0 heterocycles. The molecule has 3 rings (SSSR count). The summed E-state index contributed by atoms with van der Waals surface area (Å²) < 4.78 is 0. The van der Waals surface area contributed by atoms with Gasteiger partial charge in [-0.15, -0.1) is 0 Å². The normalized spacial score (nSPS) is 22.1. The molecule has 1 aliphatic carbocycles. The van der Waals surface area contributed by atoms with Crippen molar-refractivity contribution in [3.63, 3.8) is 0 Å². The topological polar surface area (TPSA) is 69.6 Å². The summed E-state index contributed by atoms with van der Waals surface area (Å²) in [4.78, 5) is 12.3. The Kier molecular flexibility index (Phi) is 3.80. The number of aliphatic hydroxyl groups is 1. The van der Waals surface area contributed by atoms with Crippen LogP contribution < -0.4 is 5.32 Å². The minimum Gasteiger partial charge on any atom is -0.506 e. The van der Waals surface area contributed by atoms with E-state index in [1.807, 2.05) is 24.3 Å². The molecule has 21 heavy (non-hydrogen) atoms. The maximum atomic E-state index is 12.3. The minimum absolute atomic E-state index is 0.00380. The van der Waals surface area contributed by atoms with Gasteiger partial charge in [-0.05, 0) is 24.3 Å². The monoisotopic (exact) mass is 285 g/mol. The molecule has 0 bridgehead atoms. The molecule has 0 saturated heterocycles. The van der Waals surface area contributed by atoms with E-state index in [-0.39, 0.29) is 23.3 Å². The molecule has 0 radical (unpaired) electrons. The molecular weight excluding hydrogens is 266 g/mol. The van der Waals surface area contributed by atoms with Crippen molar-refractivity contribution < 1.29 is 15.0 Å². The fourth-order valence-corrected chi connectivity index (χ4v) is 2.96. The fraction of sp³-hybridized carbons (Fsp3) is 0.353. The number of amides is 1. The number of carbonyl (C=O) groups excluding carboxylic acids is 1. The molecule has 110 valence electrons. The van der Waals surface area contributed by atoms with Crippen molar-refractivity contribution in [2.75, 3.05) is 0 Å². The van der Waals surface area contributed by atoms with Gasteiger partial charge in [0.25, 0.3) is 5.91 Å². The largest absolute Gasteiger partial charge is 0.506 e. The van der Waals surface area contributed by atoms with Crippen molar-refractivity contribution >= 4 is 16.7 Å². The van der Waals surface area contributed by atoms with E-state index in [2.05, 4.69) is 5.32 Å². The standard InChI is InChI=1S/C17H19NO3/c19-15-8-4-3-7-14(15)18-17(21)13-10-9-11-5-1-2-6-12(11)16(13)20/h1-2,5-6,9-10,14-15,19-20H,3-4,7-8H2,(H,18,21). The Hall–Kier alpha value is -2.07. The number of phenolic OH excluding ortho intramolecular Hbond substituents is 1. The summed E-state index contributed by atoms with van der Waals surface area (Å²) in [5, 5.41) is 24.6. The highest BCUT2D eigenvalue weighted by Crippen LogP contribution is 2.29. The highest BCUT2D eigenvalue weighted by Gasteiger charge is 2.25. The lowest BCUT2D eigenvalue weighted by molar-refractivity contribution is 0.0715. The summed E-state index contributed by atoms with van der Waals surface area (Å²) in [7, 11) is 0. The van der Waals surface area contributed by atoms with Crippen molar-refractivity contribution in [3.8, 4) is 5.75 Å². The number of hydrogen-bond donors (Lipinski definition) is 3. The SMILES string of the molecule is O=C(NC1CCCCC1O)c1ccc2ccccc2c1O. The van der Waals surface area contributed by atoms with Crippen LogP contribution >= 0.6 is 0 Å². The Balaban J connectivity index is 1.86. The molecule has 1 saturated carbocycles. The van der Waals surface area contributed by atoms with Gasteiger partial charge >= 0.3 is 0 Å². The van der Waals surface area contributed by atoms with Crippen LogP contribution in [0.1, 0.15) is 36.0 Å². The van der Waals surface area contributed by atoms with Crippen LogP contribution in [-0.4, -0.2) is 28.3 Å². The summed E-state index contributed by atoms with van der Waals surface area (Å²) in [6.07, 6.45) is 3.00. The maximum Gasteiger partial charge on any atom is 0.255 e. The van der Waals surface area contributed by atoms with E-state index in [4.69, 9.17) is 0 Å². The molecule has 1 fully saturated rings. The summed E-state index contributed by atoms with van der Waals surface area (Å²) >= 11 is 0. The summed E-state index contributed by atoms with van der Waals surface area (Å²) in [5.74, 6) is -0.333. The third-order valence-electron chi connectivity index (χ3n) is 4.19. The van der Waals surface area contributed by atoms with Gasteiger partial charge in [-0.2, -0.15) is 0 Å². The van der Waals surface area contributed by atoms with Gasteiger partial charge in [0.05, 0.1) is 17.7 Å². The van der Waals surface area contributed by atoms with Crippen LogP contribution in [0.25, 0.3) is 10.8 Å². The fourth-order valence-electron chi connectivity index (χ4n) is 2.96. The molecule has 0 spiro atoms. The number of aromatic hydroxyl groups is 1. The zero-order valence-electron chi connectivity index (χ0n) is 11.7. The van der Waals surface area contributed by atoms with E-state index in [1.165, 1.54) is 0 Å². The first-order chi connectivity index (χ1) is 10.2. The Labute approximate surface area is 123 Å². The molecule has 1 amide bonds. The van der Waals surface area contributed by atoms with Gasteiger partial charge in [-0.3, -0.25) is 4.79 Å². The first kappa shape index (κ1) is 13.9. The first-order valence-corrected chi connectivity index (χ1v) is 7.36. The molecule has 2 atom stereocenters. The lowest BCUT2D eigenvalue weighted by Gasteiger charge is -2.28. The Bertz CT molecular complexity index is 668. The minimum atomic E-state index is -0.495. The van der Waals surface area contributed by atoms with Gasteiger partial charge in [0.15, 0.2) is 0 Å². The number of hydrogen-bond acceptors (Lipinski definition) is 3. The molecule has 2 aromatic carbocycles. The number of fused-ring (bicyclic) bond motifs is 1. The first-order valence-electron chi connectivity index (χ1n) is 7.36. The van der Waals surface area contributed by atoms with Gasteiger partial charge in [0.1, 0.15) is 5.75 Å². The van der Waals surface area contributed by atoms with Crippen molar-refractivity contribution in [1.29, 1.82) is 0 Å². The zero-order chi connectivity index (χ0) is 14.8. The smallest absolute Gasteiger partial charge is 0.255 e. The number of benzene rings is 2. The third-order valence-corrected chi connectivity index (χ3v) is 4.19. The quantitative estimate of drug-likeness (QED) is 0.794. The van der Waals surface area contributed by atoms with E-state index in [0.29, 0.717) is 11.8 Å². The predicted molar refractivity (Wildman–Crippen MR) is 81.3 cm³/mol. The number of nitrogens with one attached hydrogen (secondary N) is 1. The van der Waals surface area contributed by atoms with Crippen LogP contribution in [0.3, 0.4) is 0 Å². The second-order valence-electron chi connectivity index (χ2n) is 5.61. The van der Waals surface area contributed by atoms with E-state index >= 15 is 0 Å². The van der Waals surface area contributed by atoms with Crippen molar-refractivity contribution in [3.05, 3.63) is 42.0 Å². The van der Waals surface area contributed by atoms with Gasteiger partial charge < -0.3 is 15.5 Å². The van der Waals surface area contributed by atoms with Crippen LogP contribution in [-0.2, 0) is 0 Å².